The van der Waals surface area contributed by atoms with Gasteiger partial charge in [-0.25, -0.2) is 0 Å². The number of rotatable bonds is 3. The fraction of sp³-hybridized carbons (Fsp3) is 0.500. The number of ether oxygens (including phenoxy) is 3. The van der Waals surface area contributed by atoms with Crippen molar-refractivity contribution in [2.75, 3.05) is 20.4 Å². The molecule has 1 heterocycles. The lowest BCUT2D eigenvalue weighted by atomic mass is 9.94. The highest BCUT2D eigenvalue weighted by atomic mass is 16.7. The Morgan fingerprint density at radius 1 is 1.31 bits per heavy atom. The van der Waals surface area contributed by atoms with E-state index in [-0.39, 0.29) is 12.2 Å². The van der Waals surface area contributed by atoms with Crippen LogP contribution in [0, 0.1) is 0 Å². The van der Waals surface area contributed by atoms with Crippen LogP contribution in [0.25, 0.3) is 0 Å². The molecule has 0 atom stereocenters. The van der Waals surface area contributed by atoms with Crippen LogP contribution in [0.15, 0.2) is 12.1 Å². The highest BCUT2D eigenvalue weighted by Gasteiger charge is 2.45. The van der Waals surface area contributed by atoms with Crippen LogP contribution in [-0.2, 0) is 5.41 Å². The Kier molecular flexibility index (Phi) is 2.01. The second kappa shape index (κ2) is 3.28. The maximum Gasteiger partial charge on any atom is 0.231 e. The van der Waals surface area contributed by atoms with Crippen LogP contribution in [0.3, 0.4) is 0 Å². The van der Waals surface area contributed by atoms with Gasteiger partial charge < -0.3 is 19.9 Å². The number of nitrogens with two attached hydrogens (primary N) is 1. The molecular formula is C12H15NO3. The predicted octanol–water partition coefficient (Wildman–Crippen LogP) is 1.41. The van der Waals surface area contributed by atoms with Crippen molar-refractivity contribution >= 4 is 0 Å². The molecule has 3 rings (SSSR count). The molecule has 4 heteroatoms. The zero-order valence-corrected chi connectivity index (χ0v) is 9.29. The van der Waals surface area contributed by atoms with E-state index < -0.39 is 0 Å². The van der Waals surface area contributed by atoms with Gasteiger partial charge in [0.2, 0.25) is 6.79 Å². The van der Waals surface area contributed by atoms with Gasteiger partial charge in [0.1, 0.15) is 5.75 Å². The van der Waals surface area contributed by atoms with E-state index in [0.717, 1.165) is 35.7 Å². The van der Waals surface area contributed by atoms with Crippen molar-refractivity contribution in [2.24, 2.45) is 5.73 Å². The Morgan fingerprint density at radius 2 is 2.00 bits per heavy atom. The Balaban J connectivity index is 2.09. The quantitative estimate of drug-likeness (QED) is 0.838. The van der Waals surface area contributed by atoms with Gasteiger partial charge in [-0.05, 0) is 18.9 Å². The van der Waals surface area contributed by atoms with Gasteiger partial charge in [-0.3, -0.25) is 0 Å². The van der Waals surface area contributed by atoms with Crippen LogP contribution in [0.4, 0.5) is 0 Å². The largest absolute Gasteiger partial charge is 0.496 e. The Hall–Kier alpha value is -1.42. The molecule has 16 heavy (non-hydrogen) atoms. The lowest BCUT2D eigenvalue weighted by molar-refractivity contribution is 0.174. The molecule has 0 saturated heterocycles. The zero-order valence-electron chi connectivity index (χ0n) is 9.29. The minimum atomic E-state index is 0.103. The number of hydrogen-bond acceptors (Lipinski definition) is 4. The standard InChI is InChI=1S/C12H15NO3/c1-14-9-5-11-10(15-7-16-11)4-8(9)12(6-13)2-3-12/h4-5H,2-3,6-7,13H2,1H3. The molecular weight excluding hydrogens is 206 g/mol. The molecule has 1 aliphatic heterocycles. The van der Waals surface area contributed by atoms with E-state index in [9.17, 15) is 0 Å². The van der Waals surface area contributed by atoms with Gasteiger partial charge in [0.05, 0.1) is 7.11 Å². The third-order valence-corrected chi connectivity index (χ3v) is 3.51. The molecule has 1 aliphatic carbocycles. The van der Waals surface area contributed by atoms with Crippen molar-refractivity contribution in [3.8, 4) is 17.2 Å². The van der Waals surface area contributed by atoms with Gasteiger partial charge in [0, 0.05) is 23.6 Å². The SMILES string of the molecule is COc1cc2c(cc1C1(CN)CC1)OCO2. The number of benzene rings is 1. The molecule has 0 bridgehead atoms. The monoisotopic (exact) mass is 221 g/mol. The molecule has 1 aromatic carbocycles. The van der Waals surface area contributed by atoms with E-state index >= 15 is 0 Å². The summed E-state index contributed by atoms with van der Waals surface area (Å²) in [6, 6.07) is 3.91. The second-order valence-corrected chi connectivity index (χ2v) is 4.39. The van der Waals surface area contributed by atoms with Gasteiger partial charge in [-0.2, -0.15) is 0 Å². The first-order valence-corrected chi connectivity index (χ1v) is 5.47. The minimum absolute atomic E-state index is 0.103. The summed E-state index contributed by atoms with van der Waals surface area (Å²) in [6.45, 7) is 0.945. The highest BCUT2D eigenvalue weighted by Crippen LogP contribution is 2.53. The molecule has 0 amide bonds. The normalized spacial score (nSPS) is 19.6. The summed E-state index contributed by atoms with van der Waals surface area (Å²) in [7, 11) is 1.67. The first-order valence-electron chi connectivity index (χ1n) is 5.47. The summed E-state index contributed by atoms with van der Waals surface area (Å²) in [5.41, 5.74) is 7.10. The molecule has 2 aliphatic rings. The van der Waals surface area contributed by atoms with E-state index in [1.165, 1.54) is 0 Å². The Morgan fingerprint density at radius 3 is 2.56 bits per heavy atom. The average molecular weight is 221 g/mol. The second-order valence-electron chi connectivity index (χ2n) is 4.39. The van der Waals surface area contributed by atoms with Gasteiger partial charge in [0.15, 0.2) is 11.5 Å². The summed E-state index contributed by atoms with van der Waals surface area (Å²) in [6.07, 6.45) is 2.25. The lowest BCUT2D eigenvalue weighted by Gasteiger charge is -2.17. The number of hydrogen-bond donors (Lipinski definition) is 1. The van der Waals surface area contributed by atoms with Gasteiger partial charge in [0.25, 0.3) is 0 Å². The third kappa shape index (κ3) is 1.26. The smallest absolute Gasteiger partial charge is 0.231 e. The van der Waals surface area contributed by atoms with Gasteiger partial charge in [-0.15, -0.1) is 0 Å². The van der Waals surface area contributed by atoms with Crippen molar-refractivity contribution in [1.82, 2.24) is 0 Å². The Bertz CT molecular complexity index is 427. The van der Waals surface area contributed by atoms with E-state index in [1.54, 1.807) is 7.11 Å². The zero-order chi connectivity index (χ0) is 11.2. The maximum atomic E-state index is 5.84. The van der Waals surface area contributed by atoms with E-state index in [1.807, 2.05) is 12.1 Å². The average Bonchev–Trinajstić information content (AvgIpc) is 2.99. The fourth-order valence-corrected chi connectivity index (χ4v) is 2.24. The topological polar surface area (TPSA) is 53.7 Å². The van der Waals surface area contributed by atoms with Gasteiger partial charge in [-0.1, -0.05) is 0 Å². The van der Waals surface area contributed by atoms with Crippen LogP contribution in [0.1, 0.15) is 18.4 Å². The summed E-state index contributed by atoms with van der Waals surface area (Å²) in [5.74, 6) is 2.41. The summed E-state index contributed by atoms with van der Waals surface area (Å²) < 4.78 is 16.1. The molecule has 0 spiro atoms. The van der Waals surface area contributed by atoms with Crippen LogP contribution >= 0.6 is 0 Å². The fourth-order valence-electron chi connectivity index (χ4n) is 2.24. The molecule has 1 saturated carbocycles. The first-order chi connectivity index (χ1) is 7.79. The van der Waals surface area contributed by atoms with Crippen LogP contribution < -0.4 is 19.9 Å². The third-order valence-electron chi connectivity index (χ3n) is 3.51. The molecule has 4 nitrogen and oxygen atoms in total. The van der Waals surface area contributed by atoms with Crippen molar-refractivity contribution in [3.63, 3.8) is 0 Å². The van der Waals surface area contributed by atoms with Crippen LogP contribution in [0.2, 0.25) is 0 Å². The van der Waals surface area contributed by atoms with E-state index in [2.05, 4.69) is 0 Å². The molecule has 2 N–H and O–H groups in total. The highest BCUT2D eigenvalue weighted by molar-refractivity contribution is 5.55. The first kappa shape index (κ1) is 9.78. The van der Waals surface area contributed by atoms with Crippen LogP contribution in [-0.4, -0.2) is 20.4 Å². The summed E-state index contributed by atoms with van der Waals surface area (Å²) in [4.78, 5) is 0. The van der Waals surface area contributed by atoms with E-state index in [4.69, 9.17) is 19.9 Å². The minimum Gasteiger partial charge on any atom is -0.496 e. The lowest BCUT2D eigenvalue weighted by Crippen LogP contribution is -2.20. The molecule has 0 unspecified atom stereocenters. The molecule has 0 radical (unpaired) electrons. The predicted molar refractivity (Wildman–Crippen MR) is 59.1 cm³/mol. The van der Waals surface area contributed by atoms with Crippen LogP contribution in [0.5, 0.6) is 17.2 Å². The van der Waals surface area contributed by atoms with Gasteiger partial charge >= 0.3 is 0 Å². The van der Waals surface area contributed by atoms with Crippen molar-refractivity contribution in [3.05, 3.63) is 17.7 Å². The molecule has 1 fully saturated rings. The van der Waals surface area contributed by atoms with Crippen molar-refractivity contribution < 1.29 is 14.2 Å². The molecule has 86 valence electrons. The maximum absolute atomic E-state index is 5.84. The number of fused-ring (bicyclic) bond motifs is 1. The van der Waals surface area contributed by atoms with Crippen molar-refractivity contribution in [2.45, 2.75) is 18.3 Å². The summed E-state index contributed by atoms with van der Waals surface area (Å²) >= 11 is 0. The Labute approximate surface area is 94.3 Å². The summed E-state index contributed by atoms with van der Waals surface area (Å²) in [5, 5.41) is 0. The molecule has 1 aromatic rings. The van der Waals surface area contributed by atoms with Crippen molar-refractivity contribution in [1.29, 1.82) is 0 Å². The number of methoxy groups -OCH3 is 1. The molecule has 0 aromatic heterocycles. The van der Waals surface area contributed by atoms with E-state index in [0.29, 0.717) is 6.54 Å².